The van der Waals surface area contributed by atoms with E-state index >= 15 is 0 Å². The molecule has 0 radical (unpaired) electrons. The number of ether oxygens (including phenoxy) is 1. The van der Waals surface area contributed by atoms with Crippen LogP contribution < -0.4 is 5.73 Å². The molecule has 0 amide bonds. The molecule has 0 spiro atoms. The Bertz CT molecular complexity index is 445. The summed E-state index contributed by atoms with van der Waals surface area (Å²) in [6.07, 6.45) is 0.431. The van der Waals surface area contributed by atoms with Crippen molar-refractivity contribution in [2.24, 2.45) is 11.1 Å². The smallest absolute Gasteiger partial charge is 0.313 e. The van der Waals surface area contributed by atoms with Crippen LogP contribution in [0.3, 0.4) is 0 Å². The molecule has 0 bridgehead atoms. The summed E-state index contributed by atoms with van der Waals surface area (Å²) in [5.74, 6) is -1.55. The summed E-state index contributed by atoms with van der Waals surface area (Å²) in [7, 11) is 0. The van der Waals surface area contributed by atoms with Gasteiger partial charge in [0.1, 0.15) is 11.6 Å². The standard InChI is InChI=1S/C14H19F2NO2/c1-3-14(9-17,13(18)19-4-2)8-10-7-11(15)5-6-12(10)16/h5-7H,3-4,8-9,17H2,1-2H3. The zero-order valence-corrected chi connectivity index (χ0v) is 11.2. The molecule has 1 aromatic rings. The van der Waals surface area contributed by atoms with Crippen LogP contribution in [0.15, 0.2) is 18.2 Å². The average Bonchev–Trinajstić information content (AvgIpc) is 2.40. The van der Waals surface area contributed by atoms with E-state index in [0.29, 0.717) is 6.42 Å². The Morgan fingerprint density at radius 3 is 2.58 bits per heavy atom. The third-order valence-electron chi connectivity index (χ3n) is 3.31. The molecule has 1 unspecified atom stereocenters. The molecule has 5 heteroatoms. The normalized spacial score (nSPS) is 13.9. The molecule has 2 N–H and O–H groups in total. The van der Waals surface area contributed by atoms with Crippen molar-refractivity contribution in [1.82, 2.24) is 0 Å². The van der Waals surface area contributed by atoms with Crippen molar-refractivity contribution >= 4 is 5.97 Å². The van der Waals surface area contributed by atoms with Gasteiger partial charge < -0.3 is 10.5 Å². The van der Waals surface area contributed by atoms with Crippen LogP contribution in [-0.4, -0.2) is 19.1 Å². The molecular formula is C14H19F2NO2. The second kappa shape index (κ2) is 6.61. The van der Waals surface area contributed by atoms with Crippen molar-refractivity contribution in [3.63, 3.8) is 0 Å². The molecule has 106 valence electrons. The molecule has 3 nitrogen and oxygen atoms in total. The molecule has 1 atom stereocenters. The lowest BCUT2D eigenvalue weighted by molar-refractivity contribution is -0.155. The Hall–Kier alpha value is -1.49. The van der Waals surface area contributed by atoms with E-state index in [1.165, 1.54) is 0 Å². The summed E-state index contributed by atoms with van der Waals surface area (Å²) >= 11 is 0. The maximum atomic E-state index is 13.7. The Labute approximate surface area is 111 Å². The zero-order chi connectivity index (χ0) is 14.5. The topological polar surface area (TPSA) is 52.3 Å². The molecule has 1 rings (SSSR count). The van der Waals surface area contributed by atoms with Crippen molar-refractivity contribution in [2.75, 3.05) is 13.2 Å². The van der Waals surface area contributed by atoms with Crippen molar-refractivity contribution < 1.29 is 18.3 Å². The SMILES string of the molecule is CCOC(=O)C(CC)(CN)Cc1cc(F)ccc1F. The minimum atomic E-state index is -1.01. The van der Waals surface area contributed by atoms with Crippen molar-refractivity contribution in [2.45, 2.75) is 26.7 Å². The minimum Gasteiger partial charge on any atom is -0.466 e. The maximum Gasteiger partial charge on any atom is 0.313 e. The Morgan fingerprint density at radius 1 is 1.37 bits per heavy atom. The number of carbonyl (C=O) groups excluding carboxylic acids is 1. The number of hydrogen-bond acceptors (Lipinski definition) is 3. The Balaban J connectivity index is 3.07. The third-order valence-corrected chi connectivity index (χ3v) is 3.31. The van der Waals surface area contributed by atoms with Crippen molar-refractivity contribution in [3.8, 4) is 0 Å². The van der Waals surface area contributed by atoms with Crippen LogP contribution in [0.4, 0.5) is 8.78 Å². The van der Waals surface area contributed by atoms with Crippen LogP contribution in [0.1, 0.15) is 25.8 Å². The molecule has 0 fully saturated rings. The second-order valence-corrected chi connectivity index (χ2v) is 4.47. The third kappa shape index (κ3) is 3.50. The number of hydrogen-bond donors (Lipinski definition) is 1. The van der Waals surface area contributed by atoms with Gasteiger partial charge in [-0.25, -0.2) is 8.78 Å². The van der Waals surface area contributed by atoms with Crippen molar-refractivity contribution in [3.05, 3.63) is 35.4 Å². The van der Waals surface area contributed by atoms with Gasteiger partial charge in [0.05, 0.1) is 12.0 Å². The zero-order valence-electron chi connectivity index (χ0n) is 11.2. The van der Waals surface area contributed by atoms with Gasteiger partial charge in [-0.1, -0.05) is 6.92 Å². The van der Waals surface area contributed by atoms with Gasteiger partial charge in [0, 0.05) is 6.54 Å². The molecule has 0 aliphatic heterocycles. The molecule has 19 heavy (non-hydrogen) atoms. The van der Waals surface area contributed by atoms with E-state index in [9.17, 15) is 13.6 Å². The van der Waals surface area contributed by atoms with Crippen LogP contribution in [0.5, 0.6) is 0 Å². The summed E-state index contributed by atoms with van der Waals surface area (Å²) in [5.41, 5.74) is 4.80. The highest BCUT2D eigenvalue weighted by Crippen LogP contribution is 2.29. The monoisotopic (exact) mass is 271 g/mol. The van der Waals surface area contributed by atoms with Gasteiger partial charge in [-0.15, -0.1) is 0 Å². The first-order chi connectivity index (χ1) is 8.99. The van der Waals surface area contributed by atoms with Crippen LogP contribution in [0.2, 0.25) is 0 Å². The van der Waals surface area contributed by atoms with Gasteiger partial charge in [-0.2, -0.15) is 0 Å². The largest absolute Gasteiger partial charge is 0.466 e. The van der Waals surface area contributed by atoms with Gasteiger partial charge in [0.2, 0.25) is 0 Å². The van der Waals surface area contributed by atoms with Gasteiger partial charge >= 0.3 is 5.97 Å². The molecule has 0 aliphatic carbocycles. The highest BCUT2D eigenvalue weighted by atomic mass is 19.1. The minimum absolute atomic E-state index is 0.0261. The van der Waals surface area contributed by atoms with Crippen LogP contribution in [0, 0.1) is 17.0 Å². The lowest BCUT2D eigenvalue weighted by atomic mass is 9.79. The quantitative estimate of drug-likeness (QED) is 0.808. The van der Waals surface area contributed by atoms with Crippen LogP contribution >= 0.6 is 0 Å². The fraction of sp³-hybridized carbons (Fsp3) is 0.500. The van der Waals surface area contributed by atoms with E-state index < -0.39 is 23.0 Å². The fourth-order valence-corrected chi connectivity index (χ4v) is 1.97. The summed E-state index contributed by atoms with van der Waals surface area (Å²) in [5, 5.41) is 0. The van der Waals surface area contributed by atoms with Gasteiger partial charge in [-0.3, -0.25) is 4.79 Å². The van der Waals surface area contributed by atoms with E-state index in [-0.39, 0.29) is 25.1 Å². The number of rotatable bonds is 6. The lowest BCUT2D eigenvalue weighted by Gasteiger charge is -2.29. The molecule has 0 saturated carbocycles. The summed E-state index contributed by atoms with van der Waals surface area (Å²) in [6, 6.07) is 3.18. The summed E-state index contributed by atoms with van der Waals surface area (Å²) in [4.78, 5) is 12.0. The fourth-order valence-electron chi connectivity index (χ4n) is 1.97. The highest BCUT2D eigenvalue weighted by molar-refractivity contribution is 5.77. The second-order valence-electron chi connectivity index (χ2n) is 4.47. The first-order valence-electron chi connectivity index (χ1n) is 6.30. The molecule has 0 heterocycles. The van der Waals surface area contributed by atoms with Crippen LogP contribution in [-0.2, 0) is 16.0 Å². The lowest BCUT2D eigenvalue weighted by Crippen LogP contribution is -2.41. The number of nitrogens with two attached hydrogens (primary N) is 1. The highest BCUT2D eigenvalue weighted by Gasteiger charge is 2.37. The number of carbonyl (C=O) groups is 1. The molecule has 0 saturated heterocycles. The van der Waals surface area contributed by atoms with Gasteiger partial charge in [-0.05, 0) is 43.5 Å². The van der Waals surface area contributed by atoms with E-state index in [0.717, 1.165) is 18.2 Å². The van der Waals surface area contributed by atoms with Crippen molar-refractivity contribution in [1.29, 1.82) is 0 Å². The van der Waals surface area contributed by atoms with Gasteiger partial charge in [0.15, 0.2) is 0 Å². The number of halogens is 2. The maximum absolute atomic E-state index is 13.7. The number of esters is 1. The molecule has 0 aliphatic rings. The predicted molar refractivity (Wildman–Crippen MR) is 68.5 cm³/mol. The predicted octanol–water partition coefficient (Wildman–Crippen LogP) is 2.43. The average molecular weight is 271 g/mol. The Kier molecular flexibility index (Phi) is 5.42. The first-order valence-corrected chi connectivity index (χ1v) is 6.30. The summed E-state index contributed by atoms with van der Waals surface area (Å²) in [6.45, 7) is 3.73. The molecule has 0 aromatic heterocycles. The van der Waals surface area contributed by atoms with Gasteiger partial charge in [0.25, 0.3) is 0 Å². The number of benzene rings is 1. The summed E-state index contributed by atoms with van der Waals surface area (Å²) < 4.78 is 31.8. The molecular weight excluding hydrogens is 252 g/mol. The van der Waals surface area contributed by atoms with E-state index in [1.807, 2.05) is 0 Å². The van der Waals surface area contributed by atoms with E-state index in [4.69, 9.17) is 10.5 Å². The van der Waals surface area contributed by atoms with Crippen LogP contribution in [0.25, 0.3) is 0 Å². The van der Waals surface area contributed by atoms with E-state index in [1.54, 1.807) is 13.8 Å². The first kappa shape index (κ1) is 15.6. The van der Waals surface area contributed by atoms with E-state index in [2.05, 4.69) is 0 Å². The molecule has 1 aromatic carbocycles. The Morgan fingerprint density at radius 2 is 2.05 bits per heavy atom.